The first-order valence-electron chi connectivity index (χ1n) is 5.31. The summed E-state index contributed by atoms with van der Waals surface area (Å²) in [5.41, 5.74) is 2.89. The number of nitrogens with zero attached hydrogens (tertiary/aromatic N) is 2. The maximum atomic E-state index is 9.63. The van der Waals surface area contributed by atoms with Crippen molar-refractivity contribution >= 4 is 16.4 Å². The van der Waals surface area contributed by atoms with Crippen LogP contribution in [0.15, 0.2) is 42.6 Å². The van der Waals surface area contributed by atoms with E-state index in [0.717, 1.165) is 22.0 Å². The molecule has 0 fully saturated rings. The molecule has 1 unspecified atom stereocenters. The second-order valence-corrected chi connectivity index (χ2v) is 3.97. The van der Waals surface area contributed by atoms with Gasteiger partial charge in [0, 0.05) is 10.9 Å². The standard InChI is InChI=1S/C13H12N2O/c1-9(16)11-8-14-15-12-5-3-2-4-10(12)6-7-13(11)15/h2-9,16H,1H3. The van der Waals surface area contributed by atoms with Crippen LogP contribution in [0.2, 0.25) is 0 Å². The van der Waals surface area contributed by atoms with Crippen molar-refractivity contribution in [2.24, 2.45) is 0 Å². The van der Waals surface area contributed by atoms with Gasteiger partial charge in [-0.25, -0.2) is 4.52 Å². The molecule has 3 nitrogen and oxygen atoms in total. The molecule has 3 heteroatoms. The fourth-order valence-electron chi connectivity index (χ4n) is 2.04. The van der Waals surface area contributed by atoms with Crippen LogP contribution in [0.5, 0.6) is 0 Å². The molecule has 0 radical (unpaired) electrons. The first-order chi connectivity index (χ1) is 7.77. The van der Waals surface area contributed by atoms with E-state index in [1.807, 2.05) is 28.8 Å². The molecule has 0 aliphatic rings. The minimum atomic E-state index is -0.487. The Morgan fingerprint density at radius 1 is 1.12 bits per heavy atom. The molecule has 1 atom stereocenters. The smallest absolute Gasteiger partial charge is 0.0798 e. The number of para-hydroxylation sites is 1. The van der Waals surface area contributed by atoms with E-state index in [1.165, 1.54) is 0 Å². The lowest BCUT2D eigenvalue weighted by atomic mass is 10.1. The number of hydrogen-bond acceptors (Lipinski definition) is 2. The zero-order valence-electron chi connectivity index (χ0n) is 8.96. The molecule has 0 saturated heterocycles. The van der Waals surface area contributed by atoms with Gasteiger partial charge < -0.3 is 5.11 Å². The number of aliphatic hydroxyl groups is 1. The third-order valence-corrected chi connectivity index (χ3v) is 2.87. The minimum absolute atomic E-state index is 0.487. The Hall–Kier alpha value is -1.87. The first kappa shape index (κ1) is 9.36. The van der Waals surface area contributed by atoms with E-state index < -0.39 is 6.10 Å². The Morgan fingerprint density at radius 3 is 2.75 bits per heavy atom. The first-order valence-corrected chi connectivity index (χ1v) is 5.31. The second-order valence-electron chi connectivity index (χ2n) is 3.97. The van der Waals surface area contributed by atoms with Crippen LogP contribution in [0.4, 0.5) is 0 Å². The highest BCUT2D eigenvalue weighted by Gasteiger charge is 2.10. The van der Waals surface area contributed by atoms with Crippen LogP contribution < -0.4 is 0 Å². The molecule has 80 valence electrons. The van der Waals surface area contributed by atoms with Crippen LogP contribution in [0.3, 0.4) is 0 Å². The maximum absolute atomic E-state index is 9.63. The summed E-state index contributed by atoms with van der Waals surface area (Å²) in [6.07, 6.45) is 1.24. The normalized spacial score (nSPS) is 13.4. The molecule has 1 N–H and O–H groups in total. The molecule has 0 spiro atoms. The van der Waals surface area contributed by atoms with E-state index in [9.17, 15) is 5.11 Å². The summed E-state index contributed by atoms with van der Waals surface area (Å²) in [7, 11) is 0. The van der Waals surface area contributed by atoms with E-state index in [-0.39, 0.29) is 0 Å². The summed E-state index contributed by atoms with van der Waals surface area (Å²) in [6.45, 7) is 1.76. The Kier molecular flexibility index (Phi) is 1.94. The molecule has 16 heavy (non-hydrogen) atoms. The second kappa shape index (κ2) is 3.32. The number of aliphatic hydroxyl groups excluding tert-OH is 1. The monoisotopic (exact) mass is 212 g/mol. The van der Waals surface area contributed by atoms with Gasteiger partial charge in [-0.2, -0.15) is 5.10 Å². The van der Waals surface area contributed by atoms with Gasteiger partial charge >= 0.3 is 0 Å². The highest BCUT2D eigenvalue weighted by molar-refractivity contribution is 5.82. The van der Waals surface area contributed by atoms with E-state index >= 15 is 0 Å². The highest BCUT2D eigenvalue weighted by atomic mass is 16.3. The molecule has 0 saturated carbocycles. The molecule has 3 rings (SSSR count). The molecule has 3 aromatic rings. The molecule has 2 aromatic heterocycles. The van der Waals surface area contributed by atoms with Gasteiger partial charge in [-0.3, -0.25) is 0 Å². The largest absolute Gasteiger partial charge is 0.389 e. The van der Waals surface area contributed by atoms with Gasteiger partial charge in [0.2, 0.25) is 0 Å². The lowest BCUT2D eigenvalue weighted by Crippen LogP contribution is -1.92. The summed E-state index contributed by atoms with van der Waals surface area (Å²) in [5, 5.41) is 15.1. The van der Waals surface area contributed by atoms with Crippen LogP contribution in [-0.2, 0) is 0 Å². The number of benzene rings is 1. The van der Waals surface area contributed by atoms with Crippen molar-refractivity contribution in [3.63, 3.8) is 0 Å². The van der Waals surface area contributed by atoms with Gasteiger partial charge in [-0.15, -0.1) is 0 Å². The van der Waals surface area contributed by atoms with E-state index in [0.29, 0.717) is 0 Å². The Balaban J connectivity index is 2.45. The van der Waals surface area contributed by atoms with Gasteiger partial charge in [0.1, 0.15) is 0 Å². The van der Waals surface area contributed by atoms with Crippen molar-refractivity contribution in [1.29, 1.82) is 0 Å². The predicted molar refractivity (Wildman–Crippen MR) is 63.3 cm³/mol. The third kappa shape index (κ3) is 1.22. The van der Waals surface area contributed by atoms with Gasteiger partial charge in [0.15, 0.2) is 0 Å². The summed E-state index contributed by atoms with van der Waals surface area (Å²) in [4.78, 5) is 0. The van der Waals surface area contributed by atoms with Crippen molar-refractivity contribution in [3.05, 3.63) is 48.2 Å². The van der Waals surface area contributed by atoms with E-state index in [1.54, 1.807) is 13.1 Å². The minimum Gasteiger partial charge on any atom is -0.389 e. The molecular weight excluding hydrogens is 200 g/mol. The van der Waals surface area contributed by atoms with Crippen LogP contribution in [0.1, 0.15) is 18.6 Å². The van der Waals surface area contributed by atoms with Gasteiger partial charge in [-0.1, -0.05) is 24.3 Å². The van der Waals surface area contributed by atoms with Crippen molar-refractivity contribution < 1.29 is 5.11 Å². The summed E-state index contributed by atoms with van der Waals surface area (Å²) in [5.74, 6) is 0. The molecule has 1 aromatic carbocycles. The lowest BCUT2D eigenvalue weighted by molar-refractivity contribution is 0.201. The average Bonchev–Trinajstić information content (AvgIpc) is 2.73. The Bertz CT molecular complexity index is 655. The van der Waals surface area contributed by atoms with Gasteiger partial charge in [-0.05, 0) is 19.1 Å². The van der Waals surface area contributed by atoms with Crippen molar-refractivity contribution in [1.82, 2.24) is 9.61 Å². The Labute approximate surface area is 92.9 Å². The van der Waals surface area contributed by atoms with Crippen LogP contribution in [0.25, 0.3) is 16.4 Å². The molecular formula is C13H12N2O. The zero-order chi connectivity index (χ0) is 11.1. The van der Waals surface area contributed by atoms with Crippen molar-refractivity contribution in [2.45, 2.75) is 13.0 Å². The van der Waals surface area contributed by atoms with E-state index in [4.69, 9.17) is 0 Å². The number of pyridine rings is 1. The quantitative estimate of drug-likeness (QED) is 0.673. The summed E-state index contributed by atoms with van der Waals surface area (Å²) < 4.78 is 1.87. The van der Waals surface area contributed by atoms with Crippen LogP contribution in [-0.4, -0.2) is 14.7 Å². The molecule has 0 amide bonds. The molecule has 2 heterocycles. The van der Waals surface area contributed by atoms with Crippen molar-refractivity contribution in [3.8, 4) is 0 Å². The van der Waals surface area contributed by atoms with Crippen LogP contribution >= 0.6 is 0 Å². The number of rotatable bonds is 1. The third-order valence-electron chi connectivity index (χ3n) is 2.87. The molecule has 0 aliphatic heterocycles. The van der Waals surface area contributed by atoms with Gasteiger partial charge in [0.05, 0.1) is 23.3 Å². The molecule has 0 bridgehead atoms. The van der Waals surface area contributed by atoms with Crippen molar-refractivity contribution in [2.75, 3.05) is 0 Å². The SMILES string of the molecule is CC(O)c1cnn2c1ccc1ccccc12. The number of fused-ring (bicyclic) bond motifs is 3. The zero-order valence-corrected chi connectivity index (χ0v) is 8.96. The van der Waals surface area contributed by atoms with Crippen LogP contribution in [0, 0.1) is 0 Å². The number of aromatic nitrogens is 2. The van der Waals surface area contributed by atoms with E-state index in [2.05, 4.69) is 17.2 Å². The summed E-state index contributed by atoms with van der Waals surface area (Å²) in [6, 6.07) is 12.1. The fraction of sp³-hybridized carbons (Fsp3) is 0.154. The topological polar surface area (TPSA) is 37.5 Å². The molecule has 0 aliphatic carbocycles. The lowest BCUT2D eigenvalue weighted by Gasteiger charge is -2.04. The highest BCUT2D eigenvalue weighted by Crippen LogP contribution is 2.22. The summed E-state index contributed by atoms with van der Waals surface area (Å²) >= 11 is 0. The van der Waals surface area contributed by atoms with Gasteiger partial charge in [0.25, 0.3) is 0 Å². The average molecular weight is 212 g/mol. The predicted octanol–water partition coefficient (Wildman–Crippen LogP) is 2.54. The maximum Gasteiger partial charge on any atom is 0.0798 e. The number of hydrogen-bond donors (Lipinski definition) is 1. The fourth-order valence-corrected chi connectivity index (χ4v) is 2.04. The Morgan fingerprint density at radius 2 is 1.94 bits per heavy atom.